The molecule has 0 saturated carbocycles. The van der Waals surface area contributed by atoms with Crippen LogP contribution in [0.5, 0.6) is 0 Å². The minimum Gasteiger partial charge on any atom is -0.399 e. The number of benzene rings is 1. The summed E-state index contributed by atoms with van der Waals surface area (Å²) in [6, 6.07) is 7.98. The molecule has 2 rings (SSSR count). The van der Waals surface area contributed by atoms with E-state index in [1.807, 2.05) is 32.2 Å². The van der Waals surface area contributed by atoms with Crippen LogP contribution in [0.3, 0.4) is 0 Å². The van der Waals surface area contributed by atoms with Gasteiger partial charge in [-0.15, -0.1) is 0 Å². The zero-order valence-electron chi connectivity index (χ0n) is 12.4. The van der Waals surface area contributed by atoms with Gasteiger partial charge in [0.25, 0.3) is 0 Å². The van der Waals surface area contributed by atoms with Crippen LogP contribution in [-0.2, 0) is 4.79 Å². The highest BCUT2D eigenvalue weighted by molar-refractivity contribution is 5.78. The fourth-order valence-electron chi connectivity index (χ4n) is 2.37. The molecule has 0 bridgehead atoms. The van der Waals surface area contributed by atoms with E-state index in [1.165, 1.54) is 5.69 Å². The molecule has 5 heteroatoms. The topological polar surface area (TPSA) is 52.8 Å². The Hall–Kier alpha value is -1.75. The summed E-state index contributed by atoms with van der Waals surface area (Å²) in [6.45, 7) is 6.99. The number of nitrogens with two attached hydrogens (primary N) is 1. The SMILES string of the molecule is CCN(C)C(=O)CN1CCN(c2cccc(N)c2)CC1. The highest BCUT2D eigenvalue weighted by Crippen LogP contribution is 2.19. The average molecular weight is 276 g/mol. The van der Waals surface area contributed by atoms with Crippen LogP contribution in [0.4, 0.5) is 11.4 Å². The first-order valence-corrected chi connectivity index (χ1v) is 7.17. The summed E-state index contributed by atoms with van der Waals surface area (Å²) in [6.07, 6.45) is 0. The first-order valence-electron chi connectivity index (χ1n) is 7.17. The van der Waals surface area contributed by atoms with E-state index in [2.05, 4.69) is 15.9 Å². The van der Waals surface area contributed by atoms with Gasteiger partial charge >= 0.3 is 0 Å². The number of rotatable bonds is 4. The van der Waals surface area contributed by atoms with Gasteiger partial charge in [0, 0.05) is 51.1 Å². The normalized spacial score (nSPS) is 16.2. The second-order valence-corrected chi connectivity index (χ2v) is 5.27. The molecule has 1 fully saturated rings. The predicted octanol–water partition coefficient (Wildman–Crippen LogP) is 0.869. The number of hydrogen-bond acceptors (Lipinski definition) is 4. The summed E-state index contributed by atoms with van der Waals surface area (Å²) < 4.78 is 0. The van der Waals surface area contributed by atoms with Gasteiger partial charge < -0.3 is 15.5 Å². The number of likely N-dealkylation sites (N-methyl/N-ethyl adjacent to an activating group) is 1. The van der Waals surface area contributed by atoms with Crippen molar-refractivity contribution in [2.24, 2.45) is 0 Å². The van der Waals surface area contributed by atoms with Crippen LogP contribution < -0.4 is 10.6 Å². The Morgan fingerprint density at radius 3 is 2.60 bits per heavy atom. The Kier molecular flexibility index (Phi) is 4.84. The van der Waals surface area contributed by atoms with Crippen molar-refractivity contribution in [3.05, 3.63) is 24.3 Å². The highest BCUT2D eigenvalue weighted by Gasteiger charge is 2.20. The molecule has 1 aromatic rings. The van der Waals surface area contributed by atoms with Gasteiger partial charge in [-0.05, 0) is 25.1 Å². The molecule has 1 aliphatic rings. The van der Waals surface area contributed by atoms with Crippen molar-refractivity contribution in [3.63, 3.8) is 0 Å². The number of amides is 1. The minimum atomic E-state index is 0.199. The van der Waals surface area contributed by atoms with Crippen molar-refractivity contribution in [1.29, 1.82) is 0 Å². The summed E-state index contributed by atoms with van der Waals surface area (Å²) in [5.74, 6) is 0.199. The van der Waals surface area contributed by atoms with Crippen molar-refractivity contribution in [3.8, 4) is 0 Å². The van der Waals surface area contributed by atoms with E-state index in [0.717, 1.165) is 38.4 Å². The van der Waals surface area contributed by atoms with E-state index in [0.29, 0.717) is 6.54 Å². The molecule has 1 aliphatic heterocycles. The number of carbonyl (C=O) groups is 1. The molecule has 0 radical (unpaired) electrons. The smallest absolute Gasteiger partial charge is 0.236 e. The lowest BCUT2D eigenvalue weighted by Crippen LogP contribution is -2.49. The van der Waals surface area contributed by atoms with E-state index in [9.17, 15) is 4.79 Å². The van der Waals surface area contributed by atoms with Crippen molar-refractivity contribution in [1.82, 2.24) is 9.80 Å². The van der Waals surface area contributed by atoms with E-state index in [1.54, 1.807) is 4.90 Å². The van der Waals surface area contributed by atoms with Crippen molar-refractivity contribution in [2.75, 3.05) is 56.9 Å². The summed E-state index contributed by atoms with van der Waals surface area (Å²) >= 11 is 0. The van der Waals surface area contributed by atoms with Crippen molar-refractivity contribution >= 4 is 17.3 Å². The maximum Gasteiger partial charge on any atom is 0.236 e. The van der Waals surface area contributed by atoms with E-state index in [4.69, 9.17) is 5.73 Å². The Balaban J connectivity index is 1.85. The number of piperazine rings is 1. The van der Waals surface area contributed by atoms with Crippen LogP contribution in [0.15, 0.2) is 24.3 Å². The molecule has 0 spiro atoms. The van der Waals surface area contributed by atoms with Gasteiger partial charge in [0.15, 0.2) is 0 Å². The summed E-state index contributed by atoms with van der Waals surface area (Å²) in [4.78, 5) is 18.2. The average Bonchev–Trinajstić information content (AvgIpc) is 2.47. The largest absolute Gasteiger partial charge is 0.399 e. The molecule has 1 saturated heterocycles. The summed E-state index contributed by atoms with van der Waals surface area (Å²) in [5.41, 5.74) is 7.78. The third kappa shape index (κ3) is 3.63. The lowest BCUT2D eigenvalue weighted by atomic mass is 10.2. The fraction of sp³-hybridized carbons (Fsp3) is 0.533. The molecule has 0 atom stereocenters. The highest BCUT2D eigenvalue weighted by atomic mass is 16.2. The fourth-order valence-corrected chi connectivity index (χ4v) is 2.37. The maximum atomic E-state index is 11.9. The Bertz CT molecular complexity index is 455. The van der Waals surface area contributed by atoms with Crippen molar-refractivity contribution in [2.45, 2.75) is 6.92 Å². The molecule has 2 N–H and O–H groups in total. The molecule has 0 unspecified atom stereocenters. The van der Waals surface area contributed by atoms with Crippen molar-refractivity contribution < 1.29 is 4.79 Å². The van der Waals surface area contributed by atoms with Gasteiger partial charge in [-0.25, -0.2) is 0 Å². The molecule has 20 heavy (non-hydrogen) atoms. The second kappa shape index (κ2) is 6.61. The number of carbonyl (C=O) groups excluding carboxylic acids is 1. The first kappa shape index (κ1) is 14.7. The summed E-state index contributed by atoms with van der Waals surface area (Å²) in [7, 11) is 1.85. The zero-order valence-corrected chi connectivity index (χ0v) is 12.4. The van der Waals surface area contributed by atoms with Crippen LogP contribution in [0.25, 0.3) is 0 Å². The number of anilines is 2. The first-order chi connectivity index (χ1) is 9.60. The van der Waals surface area contributed by atoms with Gasteiger partial charge in [-0.3, -0.25) is 9.69 Å². The summed E-state index contributed by atoms with van der Waals surface area (Å²) in [5, 5.41) is 0. The second-order valence-electron chi connectivity index (χ2n) is 5.27. The van der Waals surface area contributed by atoms with Gasteiger partial charge in [-0.2, -0.15) is 0 Å². The van der Waals surface area contributed by atoms with Crippen LogP contribution in [0, 0.1) is 0 Å². The lowest BCUT2D eigenvalue weighted by Gasteiger charge is -2.36. The van der Waals surface area contributed by atoms with Crippen LogP contribution in [0.1, 0.15) is 6.92 Å². The predicted molar refractivity (Wildman–Crippen MR) is 82.8 cm³/mol. The van der Waals surface area contributed by atoms with E-state index >= 15 is 0 Å². The molecular formula is C15H24N4O. The Labute approximate surface area is 120 Å². The van der Waals surface area contributed by atoms with Gasteiger partial charge in [-0.1, -0.05) is 6.07 Å². The lowest BCUT2D eigenvalue weighted by molar-refractivity contribution is -0.131. The van der Waals surface area contributed by atoms with Crippen LogP contribution in [0.2, 0.25) is 0 Å². The van der Waals surface area contributed by atoms with E-state index in [-0.39, 0.29) is 5.91 Å². The molecular weight excluding hydrogens is 252 g/mol. The molecule has 1 heterocycles. The molecule has 1 aromatic carbocycles. The molecule has 0 aliphatic carbocycles. The third-order valence-corrected chi connectivity index (χ3v) is 3.87. The quantitative estimate of drug-likeness (QED) is 0.829. The van der Waals surface area contributed by atoms with Crippen LogP contribution in [-0.4, -0.2) is 62.0 Å². The number of nitrogen functional groups attached to an aromatic ring is 1. The zero-order chi connectivity index (χ0) is 14.5. The number of nitrogens with zero attached hydrogens (tertiary/aromatic N) is 3. The maximum absolute atomic E-state index is 11.9. The molecule has 110 valence electrons. The van der Waals surface area contributed by atoms with Gasteiger partial charge in [0.2, 0.25) is 5.91 Å². The molecule has 5 nitrogen and oxygen atoms in total. The van der Waals surface area contributed by atoms with E-state index < -0.39 is 0 Å². The van der Waals surface area contributed by atoms with Crippen LogP contribution >= 0.6 is 0 Å². The Morgan fingerprint density at radius 1 is 1.30 bits per heavy atom. The third-order valence-electron chi connectivity index (χ3n) is 3.87. The molecule has 1 amide bonds. The van der Waals surface area contributed by atoms with Gasteiger partial charge in [0.05, 0.1) is 6.54 Å². The minimum absolute atomic E-state index is 0.199. The van der Waals surface area contributed by atoms with Gasteiger partial charge in [0.1, 0.15) is 0 Å². The number of hydrogen-bond donors (Lipinski definition) is 1. The monoisotopic (exact) mass is 276 g/mol. The molecule has 0 aromatic heterocycles. The Morgan fingerprint density at radius 2 is 2.00 bits per heavy atom. The standard InChI is InChI=1S/C15H24N4O/c1-3-17(2)15(20)12-18-7-9-19(10-8-18)14-6-4-5-13(16)11-14/h4-6,11H,3,7-10,12,16H2,1-2H3.